The van der Waals surface area contributed by atoms with Crippen LogP contribution in [0.1, 0.15) is 64.2 Å². The lowest BCUT2D eigenvalue weighted by molar-refractivity contribution is -0.180. The van der Waals surface area contributed by atoms with Crippen LogP contribution in [0.25, 0.3) is 0 Å². The summed E-state index contributed by atoms with van der Waals surface area (Å²) in [6.45, 7) is 29.0. The average Bonchev–Trinajstić information content (AvgIpc) is 3.46. The molecule has 2 saturated carbocycles. The Kier molecular flexibility index (Phi) is 9.60. The monoisotopic (exact) mass is 774 g/mol. The molecule has 4 aliphatic carbocycles. The Morgan fingerprint density at radius 1 is 0.800 bits per heavy atom. The minimum atomic E-state index is -2.38. The van der Waals surface area contributed by atoms with E-state index in [9.17, 15) is 9.90 Å². The maximum atomic E-state index is 14.9. The Morgan fingerprint density at radius 2 is 1.27 bits per heavy atom. The molecule has 55 heavy (non-hydrogen) atoms. The number of hydrogen-bond acceptors (Lipinski definition) is 5. The molecule has 2 fully saturated rings. The molecule has 7 heteroatoms. The largest absolute Gasteiger partial charge is 0.411 e. The van der Waals surface area contributed by atoms with Gasteiger partial charge in [0.15, 0.2) is 22.4 Å². The normalized spacial score (nSPS) is 32.7. The van der Waals surface area contributed by atoms with Crippen molar-refractivity contribution in [3.05, 3.63) is 143 Å². The lowest BCUT2D eigenvalue weighted by atomic mass is 9.55. The number of carbonyl (C=O) groups is 1. The van der Waals surface area contributed by atoms with E-state index < -0.39 is 56.3 Å². The van der Waals surface area contributed by atoms with Crippen molar-refractivity contribution in [2.24, 2.45) is 28.6 Å². The summed E-state index contributed by atoms with van der Waals surface area (Å²) in [4.78, 5) is 14.9. The highest BCUT2D eigenvalue weighted by molar-refractivity contribution is 6.70. The first-order valence-electron chi connectivity index (χ1n) is 20.2. The second-order valence-electron chi connectivity index (χ2n) is 19.6. The van der Waals surface area contributed by atoms with Crippen LogP contribution >= 0.6 is 0 Å². The Morgan fingerprint density at radius 3 is 1.71 bits per heavy atom. The van der Waals surface area contributed by atoms with Crippen molar-refractivity contribution in [1.29, 1.82) is 0 Å². The average molecular weight is 775 g/mol. The lowest BCUT2D eigenvalue weighted by Gasteiger charge is -2.56. The molecule has 0 aromatic heterocycles. The lowest BCUT2D eigenvalue weighted by Crippen LogP contribution is -2.65. The summed E-state index contributed by atoms with van der Waals surface area (Å²) in [7, 11) is -4.48. The second-order valence-corrected chi connectivity index (χ2v) is 28.4. The second kappa shape index (κ2) is 13.2. The molecule has 0 spiro atoms. The van der Waals surface area contributed by atoms with Gasteiger partial charge in [-0.15, -0.1) is 0 Å². The van der Waals surface area contributed by atoms with Crippen LogP contribution in [0.3, 0.4) is 0 Å². The van der Waals surface area contributed by atoms with E-state index in [-0.39, 0.29) is 23.7 Å². The smallest absolute Gasteiger partial charge is 0.189 e. The van der Waals surface area contributed by atoms with E-state index in [4.69, 9.17) is 20.2 Å². The third-order valence-electron chi connectivity index (χ3n) is 13.6. The highest BCUT2D eigenvalue weighted by Crippen LogP contribution is 2.86. The van der Waals surface area contributed by atoms with Crippen LogP contribution < -0.4 is 0 Å². The molecule has 292 valence electrons. The summed E-state index contributed by atoms with van der Waals surface area (Å²) in [6, 6.07) is 31.3. The Bertz CT molecular complexity index is 1930. The van der Waals surface area contributed by atoms with Crippen molar-refractivity contribution in [3.63, 3.8) is 0 Å². The molecule has 4 aliphatic rings. The number of fused-ring (bicyclic) bond motifs is 5. The summed E-state index contributed by atoms with van der Waals surface area (Å²) in [6.07, 6.45) is 5.35. The van der Waals surface area contributed by atoms with Gasteiger partial charge in [0.05, 0.1) is 17.8 Å². The van der Waals surface area contributed by atoms with Gasteiger partial charge in [0.25, 0.3) is 0 Å². The first-order valence-corrected chi connectivity index (χ1v) is 27.0. The summed E-state index contributed by atoms with van der Waals surface area (Å²) < 4.78 is 22.2. The molecule has 7 rings (SSSR count). The van der Waals surface area contributed by atoms with Gasteiger partial charge in [-0.3, -0.25) is 4.79 Å². The molecule has 0 bridgehead atoms. The highest BCUT2D eigenvalue weighted by atomic mass is 28.4. The predicted octanol–water partition coefficient (Wildman–Crippen LogP) is 10.6. The molecule has 3 aromatic rings. The third kappa shape index (κ3) is 5.70. The van der Waals surface area contributed by atoms with Crippen LogP contribution in [-0.2, 0) is 24.0 Å². The SMILES string of the molecule is C=C(C)C12[C@@H]3C=C(COC(c4ccccc4)(c4ccccc4)c4ccccc4)C[C@]4(O[Si](C)(C)C)C(=O)C(C)=C[C@H]4[C@@]3(O)[C@H](C)CC1(O[Si](C)(C)C)C2(C)C. The number of ketones is 1. The van der Waals surface area contributed by atoms with Crippen LogP contribution in [0.15, 0.2) is 126 Å². The van der Waals surface area contributed by atoms with Gasteiger partial charge in [0, 0.05) is 29.1 Å². The molecule has 0 radical (unpaired) electrons. The Balaban J connectivity index is 1.49. The molecule has 3 aromatic carbocycles. The van der Waals surface area contributed by atoms with E-state index >= 15 is 0 Å². The van der Waals surface area contributed by atoms with Gasteiger partial charge in [-0.2, -0.15) is 0 Å². The van der Waals surface area contributed by atoms with Crippen LogP contribution in [0.4, 0.5) is 0 Å². The zero-order chi connectivity index (χ0) is 40.0. The summed E-state index contributed by atoms with van der Waals surface area (Å²) in [5, 5.41) is 13.9. The number of ether oxygens (including phenoxy) is 1. The molecule has 0 heterocycles. The van der Waals surface area contributed by atoms with Gasteiger partial charge < -0.3 is 18.7 Å². The predicted molar refractivity (Wildman–Crippen MR) is 228 cm³/mol. The topological polar surface area (TPSA) is 65.0 Å². The highest BCUT2D eigenvalue weighted by Gasteiger charge is 2.91. The number of Topliss-reactive ketones (excluding diaryl/α,β-unsaturated/α-hetero) is 1. The number of benzene rings is 3. The van der Waals surface area contributed by atoms with E-state index in [2.05, 4.69) is 152 Å². The fourth-order valence-corrected chi connectivity index (χ4v) is 14.9. The minimum absolute atomic E-state index is 0.0258. The molecule has 0 saturated heterocycles. The van der Waals surface area contributed by atoms with Crippen molar-refractivity contribution >= 4 is 22.4 Å². The fraction of sp³-hybridized carbons (Fsp3) is 0.479. The van der Waals surface area contributed by atoms with Crippen LogP contribution in [-0.4, -0.2) is 50.9 Å². The first kappa shape index (κ1) is 40.0. The molecule has 1 N–H and O–H groups in total. The standard InChI is InChI=1S/C48H62O5Si2/c1-33(2)48-41-29-36(32-51-47(37-22-16-13-17-23-37,38-24-18-14-19-25-38)39-26-20-15-21-27-39)31-44(52-54(7,8)9)40(28-34(3)42(44)49)46(41,50)35(4)30-45(48,43(48,5)6)53-55(10,11)12/h13-29,35,40-41,50H,1,30-32H2,2-12H3/t35-,40-,41-,44-,45?,46+,48?/m1/s1. The third-order valence-corrected chi connectivity index (χ3v) is 15.6. The Hall–Kier alpha value is -3.18. The van der Waals surface area contributed by atoms with Gasteiger partial charge in [-0.05, 0) is 93.3 Å². The molecule has 5 nitrogen and oxygen atoms in total. The molecular weight excluding hydrogens is 713 g/mol. The Labute approximate surface area is 332 Å². The van der Waals surface area contributed by atoms with Crippen molar-refractivity contribution < 1.29 is 23.5 Å². The van der Waals surface area contributed by atoms with Gasteiger partial charge in [-0.1, -0.05) is 136 Å². The van der Waals surface area contributed by atoms with Crippen molar-refractivity contribution in [3.8, 4) is 0 Å². The maximum Gasteiger partial charge on any atom is 0.189 e. The number of carbonyl (C=O) groups excluding carboxylic acids is 1. The molecule has 2 unspecified atom stereocenters. The van der Waals surface area contributed by atoms with Crippen LogP contribution in [0.5, 0.6) is 0 Å². The molecule has 0 aliphatic heterocycles. The zero-order valence-corrected chi connectivity index (χ0v) is 37.0. The van der Waals surface area contributed by atoms with E-state index in [1.807, 2.05) is 25.1 Å². The summed E-state index contributed by atoms with van der Waals surface area (Å²) in [5.74, 6) is -1.21. The van der Waals surface area contributed by atoms with Crippen molar-refractivity contribution in [2.45, 2.75) is 109 Å². The quantitative estimate of drug-likeness (QED) is 0.119. The van der Waals surface area contributed by atoms with E-state index in [1.54, 1.807) is 0 Å². The molecule has 7 atom stereocenters. The fourth-order valence-electron chi connectivity index (χ4n) is 12.0. The molecule has 0 amide bonds. The van der Waals surface area contributed by atoms with Crippen LogP contribution in [0.2, 0.25) is 39.3 Å². The maximum absolute atomic E-state index is 14.9. The minimum Gasteiger partial charge on any atom is -0.411 e. The summed E-state index contributed by atoms with van der Waals surface area (Å²) in [5.41, 5.74) is 0.621. The van der Waals surface area contributed by atoms with E-state index in [0.29, 0.717) is 18.4 Å². The number of aliphatic hydroxyl groups is 1. The van der Waals surface area contributed by atoms with Gasteiger partial charge >= 0.3 is 0 Å². The van der Waals surface area contributed by atoms with E-state index in [0.717, 1.165) is 27.8 Å². The van der Waals surface area contributed by atoms with Gasteiger partial charge in [-0.25, -0.2) is 0 Å². The van der Waals surface area contributed by atoms with Gasteiger partial charge in [0.2, 0.25) is 0 Å². The van der Waals surface area contributed by atoms with Gasteiger partial charge in [0.1, 0.15) is 11.2 Å². The van der Waals surface area contributed by atoms with E-state index in [1.165, 1.54) is 0 Å². The van der Waals surface area contributed by atoms with Crippen LogP contribution in [0, 0.1) is 28.6 Å². The zero-order valence-electron chi connectivity index (χ0n) is 35.0. The number of rotatable bonds is 11. The van der Waals surface area contributed by atoms with Crippen molar-refractivity contribution in [1.82, 2.24) is 0 Å². The first-order chi connectivity index (χ1) is 25.6. The van der Waals surface area contributed by atoms with Crippen molar-refractivity contribution in [2.75, 3.05) is 6.61 Å². The number of hydrogen-bond donors (Lipinski definition) is 1. The molecular formula is C48H62O5Si2. The summed E-state index contributed by atoms with van der Waals surface area (Å²) >= 11 is 0.